The number of ether oxygens (including phenoxy) is 1. The normalized spacial score (nSPS) is 13.1. The van der Waals surface area contributed by atoms with Gasteiger partial charge in [0, 0.05) is 12.5 Å². The molecule has 0 radical (unpaired) electrons. The van der Waals surface area contributed by atoms with E-state index in [-0.39, 0.29) is 0 Å². The first-order chi connectivity index (χ1) is 7.63. The lowest BCUT2D eigenvalue weighted by Crippen LogP contribution is -2.09. The fourth-order valence-corrected chi connectivity index (χ4v) is 1.95. The SMILES string of the molecule is Cc1ccc(C(CCl)CCOC(C)C)cc1. The van der Waals surface area contributed by atoms with Crippen molar-refractivity contribution in [2.24, 2.45) is 0 Å². The van der Waals surface area contributed by atoms with E-state index in [0.717, 1.165) is 13.0 Å². The van der Waals surface area contributed by atoms with E-state index in [1.54, 1.807) is 0 Å². The molecule has 1 nitrogen and oxygen atoms in total. The maximum Gasteiger partial charge on any atom is 0.0518 e. The van der Waals surface area contributed by atoms with Crippen LogP contribution in [0.3, 0.4) is 0 Å². The molecular weight excluding hydrogens is 220 g/mol. The summed E-state index contributed by atoms with van der Waals surface area (Å²) in [5.41, 5.74) is 2.60. The maximum atomic E-state index is 6.00. The number of aryl methyl sites for hydroxylation is 1. The summed E-state index contributed by atoms with van der Waals surface area (Å²) in [5, 5.41) is 0. The minimum absolute atomic E-state index is 0.300. The molecule has 0 fully saturated rings. The van der Waals surface area contributed by atoms with E-state index in [4.69, 9.17) is 16.3 Å². The highest BCUT2D eigenvalue weighted by Crippen LogP contribution is 2.21. The smallest absolute Gasteiger partial charge is 0.0518 e. The highest BCUT2D eigenvalue weighted by Gasteiger charge is 2.10. The third-order valence-electron chi connectivity index (χ3n) is 2.65. The van der Waals surface area contributed by atoms with Crippen LogP contribution >= 0.6 is 11.6 Å². The Kier molecular flexibility index (Phi) is 5.86. The first-order valence-corrected chi connectivity index (χ1v) is 6.41. The van der Waals surface area contributed by atoms with Crippen molar-refractivity contribution in [1.29, 1.82) is 0 Å². The monoisotopic (exact) mass is 240 g/mol. The van der Waals surface area contributed by atoms with Crippen LogP contribution in [0.25, 0.3) is 0 Å². The molecule has 1 atom stereocenters. The van der Waals surface area contributed by atoms with Gasteiger partial charge in [-0.05, 0) is 38.7 Å². The molecule has 0 aliphatic rings. The van der Waals surface area contributed by atoms with Crippen LogP contribution in [-0.2, 0) is 4.74 Å². The molecule has 0 spiro atoms. The Morgan fingerprint density at radius 1 is 1.19 bits per heavy atom. The van der Waals surface area contributed by atoms with Gasteiger partial charge < -0.3 is 4.74 Å². The average Bonchev–Trinajstić information content (AvgIpc) is 2.26. The predicted octanol–water partition coefficient (Wildman–Crippen LogP) is 4.13. The lowest BCUT2D eigenvalue weighted by molar-refractivity contribution is 0.0743. The molecule has 16 heavy (non-hydrogen) atoms. The van der Waals surface area contributed by atoms with Gasteiger partial charge in [-0.15, -0.1) is 11.6 Å². The molecule has 90 valence electrons. The summed E-state index contributed by atoms with van der Waals surface area (Å²) in [7, 11) is 0. The van der Waals surface area contributed by atoms with E-state index < -0.39 is 0 Å². The van der Waals surface area contributed by atoms with Gasteiger partial charge in [-0.25, -0.2) is 0 Å². The van der Waals surface area contributed by atoms with Crippen LogP contribution in [0.4, 0.5) is 0 Å². The highest BCUT2D eigenvalue weighted by molar-refractivity contribution is 6.18. The Hall–Kier alpha value is -0.530. The molecule has 2 heteroatoms. The molecule has 1 unspecified atom stereocenters. The zero-order valence-electron chi connectivity index (χ0n) is 10.4. The van der Waals surface area contributed by atoms with Crippen molar-refractivity contribution in [1.82, 2.24) is 0 Å². The van der Waals surface area contributed by atoms with Crippen LogP contribution in [0.5, 0.6) is 0 Å². The Labute approximate surface area is 104 Å². The first-order valence-electron chi connectivity index (χ1n) is 5.87. The zero-order valence-corrected chi connectivity index (χ0v) is 11.1. The van der Waals surface area contributed by atoms with Crippen molar-refractivity contribution in [3.63, 3.8) is 0 Å². The van der Waals surface area contributed by atoms with E-state index in [1.165, 1.54) is 11.1 Å². The van der Waals surface area contributed by atoms with Gasteiger partial charge in [-0.3, -0.25) is 0 Å². The summed E-state index contributed by atoms with van der Waals surface area (Å²) >= 11 is 6.00. The minimum atomic E-state index is 0.300. The second-order valence-corrected chi connectivity index (χ2v) is 4.78. The highest BCUT2D eigenvalue weighted by atomic mass is 35.5. The van der Waals surface area contributed by atoms with E-state index in [0.29, 0.717) is 17.9 Å². The average molecular weight is 241 g/mol. The maximum absolute atomic E-state index is 6.00. The minimum Gasteiger partial charge on any atom is -0.379 e. The van der Waals surface area contributed by atoms with Crippen LogP contribution in [0, 0.1) is 6.92 Å². The number of hydrogen-bond acceptors (Lipinski definition) is 1. The molecule has 0 aliphatic heterocycles. The number of halogens is 1. The number of alkyl halides is 1. The number of rotatable bonds is 6. The van der Waals surface area contributed by atoms with Gasteiger partial charge in [0.05, 0.1) is 6.10 Å². The van der Waals surface area contributed by atoms with Crippen LogP contribution in [0.2, 0.25) is 0 Å². The quantitative estimate of drug-likeness (QED) is 0.680. The summed E-state index contributed by atoms with van der Waals surface area (Å²) in [5.74, 6) is 1.06. The topological polar surface area (TPSA) is 9.23 Å². The number of hydrogen-bond donors (Lipinski definition) is 0. The van der Waals surface area contributed by atoms with Crippen molar-refractivity contribution < 1.29 is 4.74 Å². The fraction of sp³-hybridized carbons (Fsp3) is 0.571. The molecule has 0 heterocycles. The van der Waals surface area contributed by atoms with Crippen molar-refractivity contribution in [2.75, 3.05) is 12.5 Å². The van der Waals surface area contributed by atoms with Gasteiger partial charge in [0.25, 0.3) is 0 Å². The summed E-state index contributed by atoms with van der Waals surface area (Å²) in [6, 6.07) is 8.60. The van der Waals surface area contributed by atoms with Crippen LogP contribution in [0.1, 0.15) is 37.3 Å². The fourth-order valence-electron chi connectivity index (χ4n) is 1.62. The Morgan fingerprint density at radius 2 is 1.81 bits per heavy atom. The van der Waals surface area contributed by atoms with Crippen LogP contribution in [0.15, 0.2) is 24.3 Å². The van der Waals surface area contributed by atoms with Crippen molar-refractivity contribution >= 4 is 11.6 Å². The third-order valence-corrected chi connectivity index (χ3v) is 3.03. The summed E-state index contributed by atoms with van der Waals surface area (Å²) < 4.78 is 5.56. The van der Waals surface area contributed by atoms with Gasteiger partial charge in [0.2, 0.25) is 0 Å². The predicted molar refractivity (Wildman–Crippen MR) is 70.3 cm³/mol. The zero-order chi connectivity index (χ0) is 12.0. The van der Waals surface area contributed by atoms with Gasteiger partial charge in [-0.2, -0.15) is 0 Å². The standard InChI is InChI=1S/C14H21ClO/c1-11(2)16-9-8-14(10-15)13-6-4-12(3)5-7-13/h4-7,11,14H,8-10H2,1-3H3. The molecule has 0 aliphatic carbocycles. The molecule has 0 amide bonds. The molecule has 0 saturated carbocycles. The van der Waals surface area contributed by atoms with Crippen LogP contribution < -0.4 is 0 Å². The lowest BCUT2D eigenvalue weighted by Gasteiger charge is -2.15. The molecule has 1 aromatic rings. The molecule has 1 aromatic carbocycles. The van der Waals surface area contributed by atoms with Crippen molar-refractivity contribution in [3.05, 3.63) is 35.4 Å². The molecular formula is C14H21ClO. The second kappa shape index (κ2) is 6.93. The van der Waals surface area contributed by atoms with Gasteiger partial charge in [-0.1, -0.05) is 29.8 Å². The molecule has 1 rings (SSSR count). The Morgan fingerprint density at radius 3 is 2.31 bits per heavy atom. The molecule has 0 bridgehead atoms. The molecule has 0 saturated heterocycles. The van der Waals surface area contributed by atoms with E-state index in [2.05, 4.69) is 45.0 Å². The largest absolute Gasteiger partial charge is 0.379 e. The Bertz CT molecular complexity index is 292. The van der Waals surface area contributed by atoms with Gasteiger partial charge in [0.1, 0.15) is 0 Å². The lowest BCUT2D eigenvalue weighted by atomic mass is 9.97. The third kappa shape index (κ3) is 4.54. The van der Waals surface area contributed by atoms with E-state index in [1.807, 2.05) is 0 Å². The van der Waals surface area contributed by atoms with E-state index >= 15 is 0 Å². The molecule has 0 N–H and O–H groups in total. The molecule has 0 aromatic heterocycles. The van der Waals surface area contributed by atoms with Crippen LogP contribution in [-0.4, -0.2) is 18.6 Å². The second-order valence-electron chi connectivity index (χ2n) is 4.47. The Balaban J connectivity index is 2.50. The summed E-state index contributed by atoms with van der Waals surface area (Å²) in [4.78, 5) is 0. The summed E-state index contributed by atoms with van der Waals surface area (Å²) in [6.45, 7) is 6.99. The van der Waals surface area contributed by atoms with E-state index in [9.17, 15) is 0 Å². The van der Waals surface area contributed by atoms with Crippen molar-refractivity contribution in [2.45, 2.75) is 39.2 Å². The van der Waals surface area contributed by atoms with Gasteiger partial charge >= 0.3 is 0 Å². The van der Waals surface area contributed by atoms with Crippen molar-refractivity contribution in [3.8, 4) is 0 Å². The number of benzene rings is 1. The van der Waals surface area contributed by atoms with Gasteiger partial charge in [0.15, 0.2) is 0 Å². The first kappa shape index (κ1) is 13.5. The summed E-state index contributed by atoms with van der Waals surface area (Å²) in [6.07, 6.45) is 1.29.